The van der Waals surface area contributed by atoms with Gasteiger partial charge in [0.25, 0.3) is 0 Å². The Morgan fingerprint density at radius 2 is 1.56 bits per heavy atom. The molecule has 0 amide bonds. The van der Waals surface area contributed by atoms with Crippen molar-refractivity contribution in [3.05, 3.63) is 30.3 Å². The number of benzene rings is 1. The molecule has 0 radical (unpaired) electrons. The van der Waals surface area contributed by atoms with Gasteiger partial charge in [-0.25, -0.2) is 0 Å². The molecule has 0 bridgehead atoms. The summed E-state index contributed by atoms with van der Waals surface area (Å²) in [6.45, 7) is 10.9. The zero-order valence-corrected chi connectivity index (χ0v) is 13.5. The van der Waals surface area contributed by atoms with Gasteiger partial charge in [0.15, 0.2) is 8.32 Å². The van der Waals surface area contributed by atoms with Gasteiger partial charge in [-0.2, -0.15) is 0 Å². The normalized spacial score (nSPS) is 16.2. The van der Waals surface area contributed by atoms with E-state index in [0.717, 1.165) is 0 Å². The molecule has 1 nitrogen and oxygen atoms in total. The monoisotopic (exact) mass is 272 g/mol. The van der Waals surface area contributed by atoms with Crippen LogP contribution >= 0.6 is 11.1 Å². The minimum atomic E-state index is -2.30. The van der Waals surface area contributed by atoms with E-state index in [1.165, 1.54) is 5.19 Å². The predicted molar refractivity (Wildman–Crippen MR) is 77.2 cm³/mol. The van der Waals surface area contributed by atoms with Crippen molar-refractivity contribution in [1.82, 2.24) is 0 Å². The van der Waals surface area contributed by atoms with Crippen LogP contribution in [0.1, 0.15) is 13.8 Å². The first kappa shape index (κ1) is 14.0. The smallest absolute Gasteiger partial charge is 0.315 e. The van der Waals surface area contributed by atoms with Crippen LogP contribution in [-0.2, 0) is 4.12 Å². The molecule has 90 valence electrons. The first-order chi connectivity index (χ1) is 7.26. The van der Waals surface area contributed by atoms with Gasteiger partial charge >= 0.3 is 7.63 Å². The molecule has 0 aliphatic rings. The van der Waals surface area contributed by atoms with E-state index < -0.39 is 15.9 Å². The third-order valence-electron chi connectivity index (χ3n) is 2.36. The molecule has 1 aromatic rings. The van der Waals surface area contributed by atoms with Crippen LogP contribution in [0.25, 0.3) is 0 Å². The Bertz CT molecular complexity index is 335. The summed E-state index contributed by atoms with van der Waals surface area (Å²) < 4.78 is 6.32. The zero-order valence-electron chi connectivity index (χ0n) is 10.8. The second-order valence-electron chi connectivity index (χ2n) is 5.38. The molecule has 4 heteroatoms. The lowest BCUT2D eigenvalue weighted by Crippen LogP contribution is -2.54. The van der Waals surface area contributed by atoms with Gasteiger partial charge in [-0.05, 0) is 30.4 Å². The Morgan fingerprint density at radius 1 is 1.06 bits per heavy atom. The first-order valence-electron chi connectivity index (χ1n) is 5.70. The summed E-state index contributed by atoms with van der Waals surface area (Å²) in [5, 5.41) is 1.19. The van der Waals surface area contributed by atoms with Gasteiger partial charge in [-0.1, -0.05) is 44.2 Å². The lowest BCUT2D eigenvalue weighted by molar-refractivity contribution is 0.557. The molecule has 0 spiro atoms. The van der Waals surface area contributed by atoms with Gasteiger partial charge in [-0.15, -0.1) is 11.1 Å². The molecule has 1 rings (SSSR count). The summed E-state index contributed by atoms with van der Waals surface area (Å²) in [5.41, 5.74) is 0.378. The van der Waals surface area contributed by atoms with E-state index in [9.17, 15) is 0 Å². The lowest BCUT2D eigenvalue weighted by Gasteiger charge is -2.35. The molecule has 0 saturated carbocycles. The maximum atomic E-state index is 6.84. The molecule has 0 saturated heterocycles. The standard InChI is InChI=1S/C12H21ClOSi2/c1-11(2)16(13,14-15(3,4)5)12-9-7-6-8-10-12/h6-11H,1-5H3. The fourth-order valence-corrected chi connectivity index (χ4v) is 10.4. The zero-order chi connectivity index (χ0) is 12.4. The van der Waals surface area contributed by atoms with Crippen molar-refractivity contribution in [1.29, 1.82) is 0 Å². The van der Waals surface area contributed by atoms with Crippen LogP contribution in [0.15, 0.2) is 30.3 Å². The highest BCUT2D eigenvalue weighted by molar-refractivity contribution is 7.26. The lowest BCUT2D eigenvalue weighted by atomic mass is 10.4. The summed E-state index contributed by atoms with van der Waals surface area (Å²) in [6.07, 6.45) is 0. The van der Waals surface area contributed by atoms with E-state index in [1.807, 2.05) is 18.2 Å². The van der Waals surface area contributed by atoms with E-state index in [0.29, 0.717) is 5.54 Å². The van der Waals surface area contributed by atoms with Crippen molar-refractivity contribution >= 4 is 32.2 Å². The molecule has 0 aliphatic carbocycles. The SMILES string of the molecule is CC(C)[Si](Cl)(O[Si](C)(C)C)c1ccccc1. The molecule has 0 aliphatic heterocycles. The van der Waals surface area contributed by atoms with Crippen LogP contribution in [0.5, 0.6) is 0 Å². The third kappa shape index (κ3) is 3.45. The summed E-state index contributed by atoms with van der Waals surface area (Å²) in [5.74, 6) is 0. The van der Waals surface area contributed by atoms with Crippen molar-refractivity contribution in [2.45, 2.75) is 39.0 Å². The summed E-state index contributed by atoms with van der Waals surface area (Å²) >= 11 is 6.84. The number of halogens is 1. The van der Waals surface area contributed by atoms with E-state index in [-0.39, 0.29) is 0 Å². The summed E-state index contributed by atoms with van der Waals surface area (Å²) in [7, 11) is -3.91. The molecule has 16 heavy (non-hydrogen) atoms. The highest BCUT2D eigenvalue weighted by Crippen LogP contribution is 2.29. The fraction of sp³-hybridized carbons (Fsp3) is 0.500. The van der Waals surface area contributed by atoms with E-state index >= 15 is 0 Å². The minimum Gasteiger partial charge on any atom is -0.441 e. The van der Waals surface area contributed by atoms with Crippen LogP contribution in [0.2, 0.25) is 25.2 Å². The van der Waals surface area contributed by atoms with Crippen molar-refractivity contribution < 1.29 is 4.12 Å². The highest BCUT2D eigenvalue weighted by Gasteiger charge is 2.42. The molecule has 0 heterocycles. The Morgan fingerprint density at radius 3 is 1.94 bits per heavy atom. The topological polar surface area (TPSA) is 9.23 Å². The van der Waals surface area contributed by atoms with Crippen LogP contribution in [0.3, 0.4) is 0 Å². The third-order valence-corrected chi connectivity index (χ3v) is 11.3. The largest absolute Gasteiger partial charge is 0.441 e. The van der Waals surface area contributed by atoms with Crippen molar-refractivity contribution in [2.75, 3.05) is 0 Å². The minimum absolute atomic E-state index is 0.378. The second-order valence-corrected chi connectivity index (χ2v) is 15.1. The molecule has 1 unspecified atom stereocenters. The second kappa shape index (κ2) is 5.04. The van der Waals surface area contributed by atoms with Gasteiger partial charge in [-0.3, -0.25) is 0 Å². The van der Waals surface area contributed by atoms with Crippen molar-refractivity contribution in [3.63, 3.8) is 0 Å². The average Bonchev–Trinajstić information content (AvgIpc) is 2.16. The summed E-state index contributed by atoms with van der Waals surface area (Å²) in [6, 6.07) is 10.3. The maximum absolute atomic E-state index is 6.84. The quantitative estimate of drug-likeness (QED) is 0.598. The molecule has 0 aromatic heterocycles. The fourth-order valence-electron chi connectivity index (χ4n) is 1.62. The van der Waals surface area contributed by atoms with Crippen LogP contribution in [-0.4, -0.2) is 15.9 Å². The maximum Gasteiger partial charge on any atom is 0.315 e. The van der Waals surface area contributed by atoms with Crippen molar-refractivity contribution in [3.8, 4) is 0 Å². The Balaban J connectivity index is 3.08. The molecular formula is C12H21ClOSi2. The van der Waals surface area contributed by atoms with Gasteiger partial charge in [0.2, 0.25) is 0 Å². The molecule has 0 fully saturated rings. The van der Waals surface area contributed by atoms with Crippen LogP contribution in [0, 0.1) is 0 Å². The number of hydrogen-bond acceptors (Lipinski definition) is 1. The average molecular weight is 273 g/mol. The van der Waals surface area contributed by atoms with Crippen molar-refractivity contribution in [2.24, 2.45) is 0 Å². The van der Waals surface area contributed by atoms with Gasteiger partial charge in [0.1, 0.15) is 0 Å². The molecular weight excluding hydrogens is 252 g/mol. The number of rotatable bonds is 4. The van der Waals surface area contributed by atoms with E-state index in [1.54, 1.807) is 0 Å². The van der Waals surface area contributed by atoms with Crippen LogP contribution < -0.4 is 5.19 Å². The molecule has 1 atom stereocenters. The Hall–Kier alpha value is -0.0962. The van der Waals surface area contributed by atoms with Gasteiger partial charge < -0.3 is 4.12 Å². The predicted octanol–water partition coefficient (Wildman–Crippen LogP) is 3.84. The van der Waals surface area contributed by atoms with Crippen LogP contribution in [0.4, 0.5) is 0 Å². The Kier molecular flexibility index (Phi) is 4.40. The number of hydrogen-bond donors (Lipinski definition) is 0. The Labute approximate surface area is 106 Å². The summed E-state index contributed by atoms with van der Waals surface area (Å²) in [4.78, 5) is 0. The van der Waals surface area contributed by atoms with Gasteiger partial charge in [0.05, 0.1) is 0 Å². The van der Waals surface area contributed by atoms with E-state index in [2.05, 4.69) is 45.6 Å². The molecule has 0 N–H and O–H groups in total. The molecule has 1 aromatic carbocycles. The van der Waals surface area contributed by atoms with Gasteiger partial charge in [0, 0.05) is 0 Å². The van der Waals surface area contributed by atoms with E-state index in [4.69, 9.17) is 15.2 Å². The first-order valence-corrected chi connectivity index (χ1v) is 12.1. The highest BCUT2D eigenvalue weighted by atomic mass is 35.6.